The Morgan fingerprint density at radius 2 is 2.18 bits per heavy atom. The maximum absolute atomic E-state index is 11.8. The number of hydrogen-bond donors (Lipinski definition) is 0. The van der Waals surface area contributed by atoms with Gasteiger partial charge in [-0.05, 0) is 26.2 Å². The molecule has 0 saturated heterocycles. The van der Waals surface area contributed by atoms with Gasteiger partial charge in [-0.15, -0.1) is 0 Å². The molecular weight excluding hydrogens is 218 g/mol. The molecule has 0 radical (unpaired) electrons. The lowest BCUT2D eigenvalue weighted by molar-refractivity contribution is 0.0514. The highest BCUT2D eigenvalue weighted by Crippen LogP contribution is 2.44. The van der Waals surface area contributed by atoms with Crippen LogP contribution in [0, 0.1) is 0 Å². The molecule has 1 aromatic rings. The van der Waals surface area contributed by atoms with E-state index in [2.05, 4.69) is 11.9 Å². The second-order valence-electron chi connectivity index (χ2n) is 4.59. The van der Waals surface area contributed by atoms with Crippen LogP contribution in [-0.2, 0) is 10.2 Å². The van der Waals surface area contributed by atoms with Gasteiger partial charge in [0.1, 0.15) is 5.76 Å². The van der Waals surface area contributed by atoms with Crippen LogP contribution in [0.5, 0.6) is 0 Å². The molecule has 0 bridgehead atoms. The van der Waals surface area contributed by atoms with Crippen molar-refractivity contribution in [3.8, 4) is 0 Å². The quantitative estimate of drug-likeness (QED) is 0.755. The maximum Gasteiger partial charge on any atom is 0.360 e. The van der Waals surface area contributed by atoms with Crippen molar-refractivity contribution in [2.45, 2.75) is 51.4 Å². The molecular formula is C13H19NO3. The van der Waals surface area contributed by atoms with Gasteiger partial charge in [0, 0.05) is 5.41 Å². The molecule has 4 nitrogen and oxygen atoms in total. The van der Waals surface area contributed by atoms with Crippen molar-refractivity contribution in [3.05, 3.63) is 17.8 Å². The topological polar surface area (TPSA) is 52.3 Å². The number of nitrogens with zero attached hydrogens (tertiary/aromatic N) is 1. The summed E-state index contributed by atoms with van der Waals surface area (Å²) in [6.45, 7) is 4.30. The third kappa shape index (κ3) is 2.08. The second kappa shape index (κ2) is 4.90. The molecule has 1 aliphatic carbocycles. The van der Waals surface area contributed by atoms with Crippen LogP contribution >= 0.6 is 0 Å². The van der Waals surface area contributed by atoms with Crippen molar-refractivity contribution >= 4 is 5.97 Å². The number of ether oxygens (including phenoxy) is 1. The highest BCUT2D eigenvalue weighted by atomic mass is 16.5. The molecule has 0 aliphatic heterocycles. The predicted octanol–water partition coefficient (Wildman–Crippen LogP) is 3.07. The van der Waals surface area contributed by atoms with Gasteiger partial charge in [-0.1, -0.05) is 19.8 Å². The molecule has 2 rings (SSSR count). The van der Waals surface area contributed by atoms with Crippen molar-refractivity contribution < 1.29 is 13.9 Å². The van der Waals surface area contributed by atoms with Crippen molar-refractivity contribution in [1.29, 1.82) is 0 Å². The molecule has 1 saturated carbocycles. The Bertz CT molecular complexity index is 391. The lowest BCUT2D eigenvalue weighted by Gasteiger charge is -2.24. The lowest BCUT2D eigenvalue weighted by Crippen LogP contribution is -2.23. The zero-order valence-electron chi connectivity index (χ0n) is 10.5. The van der Waals surface area contributed by atoms with E-state index >= 15 is 0 Å². The van der Waals surface area contributed by atoms with Crippen LogP contribution < -0.4 is 0 Å². The summed E-state index contributed by atoms with van der Waals surface area (Å²) in [5, 5.41) is 0. The van der Waals surface area contributed by atoms with E-state index in [0.717, 1.165) is 25.0 Å². The van der Waals surface area contributed by atoms with Crippen molar-refractivity contribution in [3.63, 3.8) is 0 Å². The molecule has 4 heteroatoms. The van der Waals surface area contributed by atoms with Crippen LogP contribution in [0.2, 0.25) is 0 Å². The fourth-order valence-corrected chi connectivity index (χ4v) is 2.76. The second-order valence-corrected chi connectivity index (χ2v) is 4.59. The Labute approximate surface area is 101 Å². The summed E-state index contributed by atoms with van der Waals surface area (Å²) in [7, 11) is 0. The minimum Gasteiger partial charge on any atom is -0.461 e. The Hall–Kier alpha value is -1.32. The summed E-state index contributed by atoms with van der Waals surface area (Å²) >= 11 is 0. The minimum absolute atomic E-state index is 0.00139. The molecule has 0 unspecified atom stereocenters. The van der Waals surface area contributed by atoms with Crippen molar-refractivity contribution in [1.82, 2.24) is 4.98 Å². The number of hydrogen-bond acceptors (Lipinski definition) is 4. The van der Waals surface area contributed by atoms with Crippen LogP contribution in [-0.4, -0.2) is 17.6 Å². The number of esters is 1. The SMILES string of the molecule is CCOC(=O)c1ncoc1C1(CC)CCCC1. The number of carbonyl (C=O) groups is 1. The van der Waals surface area contributed by atoms with Crippen LogP contribution in [0.25, 0.3) is 0 Å². The molecule has 0 aromatic carbocycles. The van der Waals surface area contributed by atoms with Gasteiger partial charge in [-0.2, -0.15) is 0 Å². The fourth-order valence-electron chi connectivity index (χ4n) is 2.76. The van der Waals surface area contributed by atoms with Gasteiger partial charge in [-0.3, -0.25) is 0 Å². The Morgan fingerprint density at radius 3 is 2.76 bits per heavy atom. The highest BCUT2D eigenvalue weighted by Gasteiger charge is 2.40. The van der Waals surface area contributed by atoms with Crippen LogP contribution in [0.3, 0.4) is 0 Å². The van der Waals surface area contributed by atoms with Gasteiger partial charge in [0.2, 0.25) is 0 Å². The summed E-state index contributed by atoms with van der Waals surface area (Å²) in [5.74, 6) is 0.368. The smallest absolute Gasteiger partial charge is 0.360 e. The van der Waals surface area contributed by atoms with Gasteiger partial charge < -0.3 is 9.15 Å². The van der Waals surface area contributed by atoms with Gasteiger partial charge in [0.15, 0.2) is 12.1 Å². The number of oxazole rings is 1. The van der Waals surface area contributed by atoms with Gasteiger partial charge >= 0.3 is 5.97 Å². The Kier molecular flexibility index (Phi) is 3.50. The number of carbonyl (C=O) groups excluding carboxylic acids is 1. The van der Waals surface area contributed by atoms with Crippen LogP contribution in [0.1, 0.15) is 62.2 Å². The molecule has 17 heavy (non-hydrogen) atoms. The molecule has 0 spiro atoms. The first-order valence-corrected chi connectivity index (χ1v) is 6.34. The van der Waals surface area contributed by atoms with Crippen LogP contribution in [0.15, 0.2) is 10.8 Å². The van der Waals surface area contributed by atoms with E-state index in [4.69, 9.17) is 9.15 Å². The van der Waals surface area contributed by atoms with E-state index in [1.165, 1.54) is 19.2 Å². The van der Waals surface area contributed by atoms with Gasteiger partial charge in [0.05, 0.1) is 6.61 Å². The van der Waals surface area contributed by atoms with Crippen molar-refractivity contribution in [2.75, 3.05) is 6.61 Å². The number of rotatable bonds is 4. The monoisotopic (exact) mass is 237 g/mol. The highest BCUT2D eigenvalue weighted by molar-refractivity contribution is 5.88. The third-order valence-corrected chi connectivity index (χ3v) is 3.76. The Morgan fingerprint density at radius 1 is 1.47 bits per heavy atom. The first kappa shape index (κ1) is 12.1. The van der Waals surface area contributed by atoms with Crippen LogP contribution in [0.4, 0.5) is 0 Å². The summed E-state index contributed by atoms with van der Waals surface area (Å²) < 4.78 is 10.5. The van der Waals surface area contributed by atoms with E-state index in [1.54, 1.807) is 6.92 Å². The fraction of sp³-hybridized carbons (Fsp3) is 0.692. The summed E-state index contributed by atoms with van der Waals surface area (Å²) in [6, 6.07) is 0. The average molecular weight is 237 g/mol. The van der Waals surface area contributed by atoms with Gasteiger partial charge in [0.25, 0.3) is 0 Å². The third-order valence-electron chi connectivity index (χ3n) is 3.76. The van der Waals surface area contributed by atoms with E-state index in [9.17, 15) is 4.79 Å². The maximum atomic E-state index is 11.8. The molecule has 1 aromatic heterocycles. The summed E-state index contributed by atoms with van der Waals surface area (Å²) in [5.41, 5.74) is 0.370. The van der Waals surface area contributed by atoms with Gasteiger partial charge in [-0.25, -0.2) is 9.78 Å². The standard InChI is InChI=1S/C13H19NO3/c1-3-13(7-5-6-8-13)11-10(14-9-17-11)12(15)16-4-2/h9H,3-8H2,1-2H3. The Balaban J connectivity index is 2.32. The largest absolute Gasteiger partial charge is 0.461 e. The minimum atomic E-state index is -0.365. The molecule has 94 valence electrons. The van der Waals surface area contributed by atoms with E-state index in [-0.39, 0.29) is 11.4 Å². The summed E-state index contributed by atoms with van der Waals surface area (Å²) in [6.07, 6.45) is 6.87. The van der Waals surface area contributed by atoms with E-state index < -0.39 is 0 Å². The predicted molar refractivity (Wildman–Crippen MR) is 62.9 cm³/mol. The van der Waals surface area contributed by atoms with Crippen molar-refractivity contribution in [2.24, 2.45) is 0 Å². The molecule has 1 heterocycles. The molecule has 1 aliphatic rings. The van der Waals surface area contributed by atoms with E-state index in [0.29, 0.717) is 12.3 Å². The average Bonchev–Trinajstić information content (AvgIpc) is 2.99. The summed E-state index contributed by atoms with van der Waals surface area (Å²) in [4.78, 5) is 15.8. The zero-order chi connectivity index (χ0) is 12.3. The first-order chi connectivity index (χ1) is 8.23. The first-order valence-electron chi connectivity index (χ1n) is 6.34. The van der Waals surface area contributed by atoms with E-state index in [1.807, 2.05) is 0 Å². The number of aromatic nitrogens is 1. The molecule has 1 fully saturated rings. The normalized spacial score (nSPS) is 18.2. The molecule has 0 atom stereocenters. The molecule has 0 amide bonds. The molecule has 0 N–H and O–H groups in total. The lowest BCUT2D eigenvalue weighted by atomic mass is 9.80. The zero-order valence-corrected chi connectivity index (χ0v) is 10.5.